The second kappa shape index (κ2) is 5.03. The molecule has 1 N–H and O–H groups in total. The first kappa shape index (κ1) is 11.9. The lowest BCUT2D eigenvalue weighted by Gasteiger charge is -2.06. The van der Waals surface area contributed by atoms with Crippen molar-refractivity contribution in [3.05, 3.63) is 20.6 Å². The molecule has 0 aliphatic heterocycles. The Morgan fingerprint density at radius 2 is 2.14 bits per heavy atom. The molecule has 14 heavy (non-hydrogen) atoms. The van der Waals surface area contributed by atoms with Crippen LogP contribution in [-0.4, -0.2) is 9.97 Å². The first-order valence-electron chi connectivity index (χ1n) is 4.76. The summed E-state index contributed by atoms with van der Waals surface area (Å²) in [5, 5.41) is 0. The summed E-state index contributed by atoms with van der Waals surface area (Å²) in [6.45, 7) is 6.42. The van der Waals surface area contributed by atoms with Gasteiger partial charge in [-0.25, -0.2) is 4.98 Å². The predicted octanol–water partition coefficient (Wildman–Crippen LogP) is 3.80. The zero-order valence-corrected chi connectivity index (χ0v) is 11.1. The lowest BCUT2D eigenvalue weighted by Crippen LogP contribution is -2.01. The third-order valence-corrected chi connectivity index (χ3v) is 3.57. The van der Waals surface area contributed by atoms with Crippen LogP contribution in [0, 0.1) is 17.5 Å². The highest BCUT2D eigenvalue weighted by atomic mass is 79.9. The fourth-order valence-corrected chi connectivity index (χ4v) is 1.63. The minimum atomic E-state index is 0.653. The predicted molar refractivity (Wildman–Crippen MR) is 65.0 cm³/mol. The SMILES string of the molecule is Cc1[nH]c(CCC(C)C)nc(=S)c1Br. The third kappa shape index (κ3) is 3.17. The van der Waals surface area contributed by atoms with Gasteiger partial charge in [0.1, 0.15) is 10.5 Å². The van der Waals surface area contributed by atoms with Crippen molar-refractivity contribution in [2.45, 2.75) is 33.6 Å². The standard InChI is InChI=1S/C10H15BrN2S/c1-6(2)4-5-8-12-7(3)9(11)10(14)13-8/h6H,4-5H2,1-3H3,(H,12,13,14). The molecule has 0 radical (unpaired) electrons. The molecule has 4 heteroatoms. The first-order valence-corrected chi connectivity index (χ1v) is 5.96. The maximum atomic E-state index is 5.13. The van der Waals surface area contributed by atoms with E-state index in [1.807, 2.05) is 6.92 Å². The largest absolute Gasteiger partial charge is 0.346 e. The van der Waals surface area contributed by atoms with Crippen molar-refractivity contribution in [2.75, 3.05) is 0 Å². The van der Waals surface area contributed by atoms with Crippen molar-refractivity contribution >= 4 is 28.1 Å². The van der Waals surface area contributed by atoms with Crippen LogP contribution in [0.25, 0.3) is 0 Å². The van der Waals surface area contributed by atoms with Gasteiger partial charge in [-0.2, -0.15) is 0 Å². The Balaban J connectivity index is 2.85. The van der Waals surface area contributed by atoms with E-state index in [0.717, 1.165) is 28.8 Å². The maximum Gasteiger partial charge on any atom is 0.144 e. The van der Waals surface area contributed by atoms with Gasteiger partial charge in [0, 0.05) is 12.1 Å². The van der Waals surface area contributed by atoms with Gasteiger partial charge in [-0.15, -0.1) is 0 Å². The summed E-state index contributed by atoms with van der Waals surface area (Å²) >= 11 is 8.53. The van der Waals surface area contributed by atoms with Crippen LogP contribution >= 0.6 is 28.1 Å². The van der Waals surface area contributed by atoms with E-state index in [2.05, 4.69) is 39.7 Å². The molecule has 0 atom stereocenters. The zero-order chi connectivity index (χ0) is 10.7. The molecule has 0 saturated heterocycles. The molecule has 0 spiro atoms. The zero-order valence-electron chi connectivity index (χ0n) is 8.72. The summed E-state index contributed by atoms with van der Waals surface area (Å²) in [6, 6.07) is 0. The van der Waals surface area contributed by atoms with Gasteiger partial charge in [-0.05, 0) is 35.2 Å². The fourth-order valence-electron chi connectivity index (χ4n) is 1.18. The van der Waals surface area contributed by atoms with E-state index >= 15 is 0 Å². The molecular weight excluding hydrogens is 260 g/mol. The molecule has 0 bridgehead atoms. The van der Waals surface area contributed by atoms with Gasteiger partial charge < -0.3 is 4.98 Å². The number of hydrogen-bond donors (Lipinski definition) is 1. The van der Waals surface area contributed by atoms with Crippen LogP contribution < -0.4 is 0 Å². The van der Waals surface area contributed by atoms with Crippen LogP contribution in [0.5, 0.6) is 0 Å². The number of aromatic amines is 1. The molecule has 1 rings (SSSR count). The Labute approximate surface area is 98.3 Å². The highest BCUT2D eigenvalue weighted by Crippen LogP contribution is 2.15. The number of H-pyrrole nitrogens is 1. The monoisotopic (exact) mass is 274 g/mol. The second-order valence-electron chi connectivity index (χ2n) is 3.86. The summed E-state index contributed by atoms with van der Waals surface area (Å²) in [5.74, 6) is 1.69. The number of halogens is 1. The van der Waals surface area contributed by atoms with Gasteiger partial charge in [0.05, 0.1) is 4.47 Å². The van der Waals surface area contributed by atoms with Crippen LogP contribution in [0.1, 0.15) is 31.8 Å². The average Bonchev–Trinajstić information content (AvgIpc) is 2.10. The van der Waals surface area contributed by atoms with E-state index in [1.165, 1.54) is 0 Å². The molecule has 0 unspecified atom stereocenters. The van der Waals surface area contributed by atoms with E-state index in [-0.39, 0.29) is 0 Å². The number of rotatable bonds is 3. The Bertz CT molecular complexity index is 371. The average molecular weight is 275 g/mol. The Morgan fingerprint density at radius 3 is 2.64 bits per heavy atom. The first-order chi connectivity index (χ1) is 6.50. The molecule has 1 aromatic heterocycles. The van der Waals surface area contributed by atoms with Gasteiger partial charge in [0.25, 0.3) is 0 Å². The molecule has 0 saturated carbocycles. The summed E-state index contributed by atoms with van der Waals surface area (Å²) in [6.07, 6.45) is 2.11. The second-order valence-corrected chi connectivity index (χ2v) is 5.04. The molecule has 78 valence electrons. The van der Waals surface area contributed by atoms with Crippen LogP contribution in [0.2, 0.25) is 0 Å². The van der Waals surface area contributed by atoms with E-state index in [4.69, 9.17) is 12.2 Å². The third-order valence-electron chi connectivity index (χ3n) is 2.04. The molecule has 0 aromatic carbocycles. The van der Waals surface area contributed by atoms with Crippen molar-refractivity contribution < 1.29 is 0 Å². The fraction of sp³-hybridized carbons (Fsp3) is 0.600. The van der Waals surface area contributed by atoms with Crippen molar-refractivity contribution in [1.29, 1.82) is 0 Å². The van der Waals surface area contributed by atoms with Gasteiger partial charge in [-0.3, -0.25) is 0 Å². The number of hydrogen-bond acceptors (Lipinski definition) is 2. The highest BCUT2D eigenvalue weighted by Gasteiger charge is 2.03. The van der Waals surface area contributed by atoms with E-state index in [0.29, 0.717) is 10.6 Å². The molecule has 0 amide bonds. The quantitative estimate of drug-likeness (QED) is 0.850. The van der Waals surface area contributed by atoms with Crippen molar-refractivity contribution in [3.8, 4) is 0 Å². The van der Waals surface area contributed by atoms with Crippen molar-refractivity contribution in [2.24, 2.45) is 5.92 Å². The topological polar surface area (TPSA) is 28.7 Å². The molecule has 1 heterocycles. The minimum absolute atomic E-state index is 0.653. The molecule has 0 fully saturated rings. The minimum Gasteiger partial charge on any atom is -0.346 e. The van der Waals surface area contributed by atoms with Crippen molar-refractivity contribution in [1.82, 2.24) is 9.97 Å². The number of aromatic nitrogens is 2. The van der Waals surface area contributed by atoms with Crippen LogP contribution in [0.15, 0.2) is 4.47 Å². The number of nitrogens with zero attached hydrogens (tertiary/aromatic N) is 1. The Hall–Kier alpha value is -0.220. The Morgan fingerprint density at radius 1 is 1.50 bits per heavy atom. The normalized spacial score (nSPS) is 10.9. The van der Waals surface area contributed by atoms with Crippen LogP contribution in [0.3, 0.4) is 0 Å². The molecule has 0 aliphatic carbocycles. The van der Waals surface area contributed by atoms with Crippen LogP contribution in [-0.2, 0) is 6.42 Å². The van der Waals surface area contributed by atoms with Gasteiger partial charge in [0.15, 0.2) is 0 Å². The Kier molecular flexibility index (Phi) is 4.26. The molecule has 0 aliphatic rings. The van der Waals surface area contributed by atoms with E-state index < -0.39 is 0 Å². The van der Waals surface area contributed by atoms with Crippen molar-refractivity contribution in [3.63, 3.8) is 0 Å². The van der Waals surface area contributed by atoms with Gasteiger partial charge in [0.2, 0.25) is 0 Å². The lowest BCUT2D eigenvalue weighted by molar-refractivity contribution is 0.573. The smallest absolute Gasteiger partial charge is 0.144 e. The number of aryl methyl sites for hydroxylation is 2. The van der Waals surface area contributed by atoms with E-state index in [9.17, 15) is 0 Å². The van der Waals surface area contributed by atoms with Crippen LogP contribution in [0.4, 0.5) is 0 Å². The van der Waals surface area contributed by atoms with E-state index in [1.54, 1.807) is 0 Å². The lowest BCUT2D eigenvalue weighted by atomic mass is 10.1. The maximum absolute atomic E-state index is 5.13. The molecular formula is C10H15BrN2S. The van der Waals surface area contributed by atoms with Gasteiger partial charge in [-0.1, -0.05) is 26.1 Å². The summed E-state index contributed by atoms with van der Waals surface area (Å²) in [5.41, 5.74) is 1.06. The highest BCUT2D eigenvalue weighted by molar-refractivity contribution is 9.10. The van der Waals surface area contributed by atoms with Gasteiger partial charge >= 0.3 is 0 Å². The summed E-state index contributed by atoms with van der Waals surface area (Å²) in [4.78, 5) is 7.56. The summed E-state index contributed by atoms with van der Waals surface area (Å²) < 4.78 is 1.56. The summed E-state index contributed by atoms with van der Waals surface area (Å²) in [7, 11) is 0. The molecule has 1 aromatic rings. The number of nitrogens with one attached hydrogen (secondary N) is 1. The molecule has 2 nitrogen and oxygen atoms in total.